The van der Waals surface area contributed by atoms with E-state index in [1.165, 1.54) is 11.3 Å². The van der Waals surface area contributed by atoms with Crippen LogP contribution in [-0.4, -0.2) is 23.1 Å². The summed E-state index contributed by atoms with van der Waals surface area (Å²) in [6.45, 7) is 0. The summed E-state index contributed by atoms with van der Waals surface area (Å²) in [6, 6.07) is 16.6. The van der Waals surface area contributed by atoms with Crippen LogP contribution in [0.5, 0.6) is 0 Å². The number of benzene rings is 2. The van der Waals surface area contributed by atoms with Gasteiger partial charge in [0.1, 0.15) is 0 Å². The number of carbonyl (C=O) groups excluding carboxylic acids is 2. The Labute approximate surface area is 159 Å². The Morgan fingerprint density at radius 3 is 2.65 bits per heavy atom. The Morgan fingerprint density at radius 1 is 1.08 bits per heavy atom. The van der Waals surface area contributed by atoms with E-state index in [4.69, 9.17) is 0 Å². The molecule has 5 nitrogen and oxygen atoms in total. The van der Waals surface area contributed by atoms with Crippen molar-refractivity contribution < 1.29 is 9.59 Å². The maximum absolute atomic E-state index is 12.2. The van der Waals surface area contributed by atoms with Gasteiger partial charge < -0.3 is 5.32 Å². The fraction of sp³-hybridized carbons (Fsp3) is 0.105. The first kappa shape index (κ1) is 18.2. The van der Waals surface area contributed by atoms with Crippen LogP contribution in [0.3, 0.4) is 0 Å². The molecule has 0 spiro atoms. The highest BCUT2D eigenvalue weighted by Crippen LogP contribution is 2.20. The van der Waals surface area contributed by atoms with Crippen LogP contribution in [-0.2, 0) is 11.2 Å². The lowest BCUT2D eigenvalue weighted by Gasteiger charge is -2.05. The average Bonchev–Trinajstić information content (AvgIpc) is 3.09. The van der Waals surface area contributed by atoms with Crippen molar-refractivity contribution in [1.29, 1.82) is 0 Å². The summed E-state index contributed by atoms with van der Waals surface area (Å²) in [5, 5.41) is 7.87. The van der Waals surface area contributed by atoms with Gasteiger partial charge in [0.25, 0.3) is 5.91 Å². The fourth-order valence-corrected chi connectivity index (χ4v) is 3.44. The summed E-state index contributed by atoms with van der Waals surface area (Å²) in [4.78, 5) is 29.7. The summed E-state index contributed by atoms with van der Waals surface area (Å²) < 4.78 is 0. The van der Waals surface area contributed by atoms with Crippen molar-refractivity contribution in [3.8, 4) is 0 Å². The topological polar surface area (TPSA) is 71.1 Å². The number of thioether (sulfide) groups is 1. The van der Waals surface area contributed by atoms with Gasteiger partial charge in [-0.1, -0.05) is 24.3 Å². The average molecular weight is 383 g/mol. The molecule has 0 saturated carbocycles. The molecule has 0 aliphatic heterocycles. The van der Waals surface area contributed by atoms with Gasteiger partial charge in [-0.15, -0.1) is 23.1 Å². The number of nitrogens with one attached hydrogen (secondary N) is 2. The predicted octanol–water partition coefficient (Wildman–Crippen LogP) is 4.30. The van der Waals surface area contributed by atoms with Gasteiger partial charge >= 0.3 is 0 Å². The van der Waals surface area contributed by atoms with E-state index in [1.807, 2.05) is 36.6 Å². The molecule has 0 radical (unpaired) electrons. The Morgan fingerprint density at radius 2 is 1.88 bits per heavy atom. The molecule has 0 bridgehead atoms. The Kier molecular flexibility index (Phi) is 6.04. The van der Waals surface area contributed by atoms with E-state index in [0.717, 1.165) is 10.6 Å². The van der Waals surface area contributed by atoms with Crippen molar-refractivity contribution in [2.45, 2.75) is 11.3 Å². The number of carbonyl (C=O) groups is 2. The minimum Gasteiger partial charge on any atom is -0.326 e. The summed E-state index contributed by atoms with van der Waals surface area (Å²) >= 11 is 2.92. The zero-order chi connectivity index (χ0) is 18.4. The molecule has 0 aliphatic rings. The van der Waals surface area contributed by atoms with Gasteiger partial charge in [-0.3, -0.25) is 14.9 Å². The minimum atomic E-state index is -0.218. The van der Waals surface area contributed by atoms with Crippen molar-refractivity contribution >= 4 is 45.7 Å². The number of anilines is 2. The van der Waals surface area contributed by atoms with Gasteiger partial charge in [-0.2, -0.15) is 0 Å². The second-order valence-corrected chi connectivity index (χ2v) is 7.16. The number of hydrogen-bond donors (Lipinski definition) is 2. The van der Waals surface area contributed by atoms with Crippen LogP contribution >= 0.6 is 23.1 Å². The van der Waals surface area contributed by atoms with E-state index in [2.05, 4.69) is 15.6 Å². The van der Waals surface area contributed by atoms with Gasteiger partial charge in [-0.05, 0) is 36.6 Å². The molecule has 2 N–H and O–H groups in total. The van der Waals surface area contributed by atoms with Crippen molar-refractivity contribution in [2.24, 2.45) is 0 Å². The number of nitrogens with zero attached hydrogens (tertiary/aromatic N) is 1. The molecule has 2 aromatic carbocycles. The molecular weight excluding hydrogens is 366 g/mol. The Bertz CT molecular complexity index is 910. The lowest BCUT2D eigenvalue weighted by molar-refractivity contribution is -0.115. The SMILES string of the molecule is CSc1cccc(NC(=O)Cc2csc(NC(=O)c3ccccc3)n2)c1. The van der Waals surface area contributed by atoms with Crippen molar-refractivity contribution in [1.82, 2.24) is 4.98 Å². The summed E-state index contributed by atoms with van der Waals surface area (Å²) in [7, 11) is 0. The smallest absolute Gasteiger partial charge is 0.257 e. The molecule has 0 saturated heterocycles. The number of rotatable bonds is 6. The molecule has 2 amide bonds. The third kappa shape index (κ3) is 4.93. The van der Waals surface area contributed by atoms with Crippen LogP contribution in [0.25, 0.3) is 0 Å². The van der Waals surface area contributed by atoms with E-state index in [1.54, 1.807) is 41.4 Å². The van der Waals surface area contributed by atoms with E-state index < -0.39 is 0 Å². The van der Waals surface area contributed by atoms with Gasteiger partial charge in [0.05, 0.1) is 12.1 Å². The molecule has 132 valence electrons. The standard InChI is InChI=1S/C19H17N3O2S2/c1-25-16-9-5-8-14(10-16)20-17(23)11-15-12-26-19(21-15)22-18(24)13-6-3-2-4-7-13/h2-10,12H,11H2,1H3,(H,20,23)(H,21,22,24). The zero-order valence-corrected chi connectivity index (χ0v) is 15.7. The second kappa shape index (κ2) is 8.64. The third-order valence-electron chi connectivity index (χ3n) is 3.50. The molecule has 0 fully saturated rings. The van der Waals surface area contributed by atoms with Crippen LogP contribution < -0.4 is 10.6 Å². The number of hydrogen-bond acceptors (Lipinski definition) is 5. The molecule has 0 unspecified atom stereocenters. The first-order chi connectivity index (χ1) is 12.6. The monoisotopic (exact) mass is 383 g/mol. The third-order valence-corrected chi connectivity index (χ3v) is 5.04. The molecule has 26 heavy (non-hydrogen) atoms. The van der Waals surface area contributed by atoms with Crippen LogP contribution in [0.1, 0.15) is 16.1 Å². The number of aromatic nitrogens is 1. The predicted molar refractivity (Wildman–Crippen MR) is 107 cm³/mol. The van der Waals surface area contributed by atoms with E-state index in [0.29, 0.717) is 16.4 Å². The van der Waals surface area contributed by atoms with Gasteiger partial charge in [0.15, 0.2) is 5.13 Å². The van der Waals surface area contributed by atoms with Crippen molar-refractivity contribution in [3.05, 3.63) is 71.2 Å². The maximum Gasteiger partial charge on any atom is 0.257 e. The molecular formula is C19H17N3O2S2. The normalized spacial score (nSPS) is 10.3. The van der Waals surface area contributed by atoms with Crippen LogP contribution in [0.4, 0.5) is 10.8 Å². The summed E-state index contributed by atoms with van der Waals surface area (Å²) in [5.41, 5.74) is 1.95. The van der Waals surface area contributed by atoms with Gasteiger partial charge in [0, 0.05) is 21.5 Å². The Balaban J connectivity index is 1.57. The minimum absolute atomic E-state index is 0.144. The highest BCUT2D eigenvalue weighted by Gasteiger charge is 2.11. The van der Waals surface area contributed by atoms with Crippen molar-refractivity contribution in [2.75, 3.05) is 16.9 Å². The van der Waals surface area contributed by atoms with Gasteiger partial charge in [-0.25, -0.2) is 4.98 Å². The maximum atomic E-state index is 12.2. The summed E-state index contributed by atoms with van der Waals surface area (Å²) in [6.07, 6.45) is 2.14. The zero-order valence-electron chi connectivity index (χ0n) is 14.1. The molecule has 1 heterocycles. The first-order valence-corrected chi connectivity index (χ1v) is 9.99. The molecule has 7 heteroatoms. The molecule has 1 aromatic heterocycles. The fourth-order valence-electron chi connectivity index (χ4n) is 2.27. The molecule has 3 aromatic rings. The summed E-state index contributed by atoms with van der Waals surface area (Å²) in [5.74, 6) is -0.362. The highest BCUT2D eigenvalue weighted by atomic mass is 32.2. The van der Waals surface area contributed by atoms with E-state index >= 15 is 0 Å². The molecule has 0 aliphatic carbocycles. The lowest BCUT2D eigenvalue weighted by Crippen LogP contribution is -2.15. The van der Waals surface area contributed by atoms with Crippen LogP contribution in [0.2, 0.25) is 0 Å². The van der Waals surface area contributed by atoms with E-state index in [-0.39, 0.29) is 18.2 Å². The number of thiazole rings is 1. The van der Waals surface area contributed by atoms with Crippen LogP contribution in [0, 0.1) is 0 Å². The number of amides is 2. The first-order valence-electron chi connectivity index (χ1n) is 7.89. The van der Waals surface area contributed by atoms with Crippen molar-refractivity contribution in [3.63, 3.8) is 0 Å². The quantitative estimate of drug-likeness (QED) is 0.623. The lowest BCUT2D eigenvalue weighted by atomic mass is 10.2. The van der Waals surface area contributed by atoms with Gasteiger partial charge in [0.2, 0.25) is 5.91 Å². The van der Waals surface area contributed by atoms with Crippen LogP contribution in [0.15, 0.2) is 64.9 Å². The molecule has 3 rings (SSSR count). The Hall–Kier alpha value is -2.64. The largest absolute Gasteiger partial charge is 0.326 e. The van der Waals surface area contributed by atoms with E-state index in [9.17, 15) is 9.59 Å². The molecule has 0 atom stereocenters. The second-order valence-electron chi connectivity index (χ2n) is 5.42. The highest BCUT2D eigenvalue weighted by molar-refractivity contribution is 7.98.